The monoisotopic (exact) mass is 276 g/mol. The van der Waals surface area contributed by atoms with E-state index in [1.54, 1.807) is 12.1 Å². The maximum absolute atomic E-state index is 11.0. The maximum Gasteiger partial charge on any atom is 0.264 e. The summed E-state index contributed by atoms with van der Waals surface area (Å²) in [4.78, 5) is 0. The van der Waals surface area contributed by atoms with Crippen LogP contribution in [0.4, 0.5) is 0 Å². The number of benzene rings is 1. The predicted molar refractivity (Wildman–Crippen MR) is 64.5 cm³/mol. The minimum absolute atomic E-state index is 0.126. The Hall–Kier alpha value is -0.620. The SMILES string of the molecule is CS(=O)(=O)OC1COC(c2ccc(Cl)cc2)C1. The first-order valence-corrected chi connectivity index (χ1v) is 7.39. The van der Waals surface area contributed by atoms with Gasteiger partial charge in [-0.2, -0.15) is 8.42 Å². The van der Waals surface area contributed by atoms with E-state index in [0.29, 0.717) is 18.1 Å². The molecular formula is C11H13ClO4S. The van der Waals surface area contributed by atoms with Crippen LogP contribution in [0.2, 0.25) is 5.02 Å². The second-order valence-corrected chi connectivity index (χ2v) is 6.07. The van der Waals surface area contributed by atoms with Crippen LogP contribution in [-0.2, 0) is 19.0 Å². The third kappa shape index (κ3) is 3.67. The van der Waals surface area contributed by atoms with Crippen molar-refractivity contribution in [2.45, 2.75) is 18.6 Å². The van der Waals surface area contributed by atoms with Crippen LogP contribution in [0.25, 0.3) is 0 Å². The summed E-state index contributed by atoms with van der Waals surface area (Å²) in [6, 6.07) is 7.31. The van der Waals surface area contributed by atoms with Crippen LogP contribution in [-0.4, -0.2) is 27.4 Å². The molecule has 0 N–H and O–H groups in total. The van der Waals surface area contributed by atoms with Crippen molar-refractivity contribution in [2.75, 3.05) is 12.9 Å². The molecule has 4 nitrogen and oxygen atoms in total. The molecular weight excluding hydrogens is 264 g/mol. The Morgan fingerprint density at radius 1 is 1.35 bits per heavy atom. The van der Waals surface area contributed by atoms with Crippen LogP contribution in [0, 0.1) is 0 Å². The predicted octanol–water partition coefficient (Wildman–Crippen LogP) is 2.15. The Kier molecular flexibility index (Phi) is 3.73. The molecule has 0 saturated carbocycles. The molecule has 1 aromatic rings. The molecule has 1 aliphatic rings. The highest BCUT2D eigenvalue weighted by atomic mass is 35.5. The summed E-state index contributed by atoms with van der Waals surface area (Å²) in [6.07, 6.45) is 1.06. The van der Waals surface area contributed by atoms with Gasteiger partial charge in [0.2, 0.25) is 0 Å². The highest BCUT2D eigenvalue weighted by Crippen LogP contribution is 2.31. The molecule has 2 atom stereocenters. The Morgan fingerprint density at radius 2 is 2.00 bits per heavy atom. The molecule has 1 aliphatic heterocycles. The van der Waals surface area contributed by atoms with E-state index in [1.807, 2.05) is 12.1 Å². The van der Waals surface area contributed by atoms with Crippen LogP contribution < -0.4 is 0 Å². The molecule has 1 fully saturated rings. The molecule has 0 amide bonds. The number of halogens is 1. The average molecular weight is 277 g/mol. The summed E-state index contributed by atoms with van der Waals surface area (Å²) in [5.74, 6) is 0. The molecule has 17 heavy (non-hydrogen) atoms. The Labute approximate surface area is 106 Å². The standard InChI is InChI=1S/C11H13ClO4S/c1-17(13,14)16-10-6-11(15-7-10)8-2-4-9(12)5-3-8/h2-5,10-11H,6-7H2,1H3. The van der Waals surface area contributed by atoms with Gasteiger partial charge in [-0.3, -0.25) is 4.18 Å². The Morgan fingerprint density at radius 3 is 2.59 bits per heavy atom. The zero-order valence-electron chi connectivity index (χ0n) is 9.30. The average Bonchev–Trinajstić information content (AvgIpc) is 2.64. The molecule has 0 aromatic heterocycles. The lowest BCUT2D eigenvalue weighted by Gasteiger charge is -2.09. The first-order valence-electron chi connectivity index (χ1n) is 5.19. The van der Waals surface area contributed by atoms with Crippen molar-refractivity contribution < 1.29 is 17.3 Å². The molecule has 94 valence electrons. The number of hydrogen-bond acceptors (Lipinski definition) is 4. The van der Waals surface area contributed by atoms with E-state index in [4.69, 9.17) is 20.5 Å². The van der Waals surface area contributed by atoms with E-state index < -0.39 is 16.2 Å². The van der Waals surface area contributed by atoms with Crippen molar-refractivity contribution >= 4 is 21.7 Å². The lowest BCUT2D eigenvalue weighted by atomic mass is 10.1. The minimum Gasteiger partial charge on any atom is -0.371 e. The second-order valence-electron chi connectivity index (χ2n) is 4.03. The van der Waals surface area contributed by atoms with Crippen molar-refractivity contribution in [3.05, 3.63) is 34.9 Å². The first-order chi connectivity index (χ1) is 7.94. The number of rotatable bonds is 3. The Balaban J connectivity index is 2.00. The molecule has 0 spiro atoms. The van der Waals surface area contributed by atoms with Gasteiger partial charge in [-0.1, -0.05) is 23.7 Å². The summed E-state index contributed by atoms with van der Waals surface area (Å²) in [7, 11) is -3.42. The normalized spacial score (nSPS) is 25.1. The van der Waals surface area contributed by atoms with Crippen LogP contribution >= 0.6 is 11.6 Å². The molecule has 1 saturated heterocycles. The van der Waals surface area contributed by atoms with E-state index in [1.165, 1.54) is 0 Å². The fourth-order valence-corrected chi connectivity index (χ4v) is 2.58. The van der Waals surface area contributed by atoms with Gasteiger partial charge < -0.3 is 4.74 Å². The summed E-state index contributed by atoms with van der Waals surface area (Å²) in [5, 5.41) is 0.663. The quantitative estimate of drug-likeness (QED) is 0.794. The van der Waals surface area contributed by atoms with Gasteiger partial charge in [-0.15, -0.1) is 0 Å². The van der Waals surface area contributed by atoms with Gasteiger partial charge in [0.1, 0.15) is 6.10 Å². The van der Waals surface area contributed by atoms with Crippen molar-refractivity contribution in [3.63, 3.8) is 0 Å². The fourth-order valence-electron chi connectivity index (χ4n) is 1.82. The number of ether oxygens (including phenoxy) is 1. The summed E-state index contributed by atoms with van der Waals surface area (Å²) < 4.78 is 32.4. The van der Waals surface area contributed by atoms with E-state index in [0.717, 1.165) is 11.8 Å². The third-order valence-corrected chi connectivity index (χ3v) is 3.39. The van der Waals surface area contributed by atoms with Gasteiger partial charge in [0.15, 0.2) is 0 Å². The Bertz CT molecular complexity index is 483. The van der Waals surface area contributed by atoms with Gasteiger partial charge in [-0.05, 0) is 17.7 Å². The van der Waals surface area contributed by atoms with Gasteiger partial charge in [-0.25, -0.2) is 0 Å². The van der Waals surface area contributed by atoms with Gasteiger partial charge in [0.05, 0.1) is 19.0 Å². The van der Waals surface area contributed by atoms with Crippen LogP contribution in [0.1, 0.15) is 18.1 Å². The van der Waals surface area contributed by atoms with Crippen molar-refractivity contribution in [3.8, 4) is 0 Å². The van der Waals surface area contributed by atoms with E-state index >= 15 is 0 Å². The first kappa shape index (κ1) is 12.8. The summed E-state index contributed by atoms with van der Waals surface area (Å²) >= 11 is 5.79. The lowest BCUT2D eigenvalue weighted by Crippen LogP contribution is -2.17. The fraction of sp³-hybridized carbons (Fsp3) is 0.455. The maximum atomic E-state index is 11.0. The lowest BCUT2D eigenvalue weighted by molar-refractivity contribution is 0.0958. The molecule has 0 radical (unpaired) electrons. The van der Waals surface area contributed by atoms with Crippen LogP contribution in [0.15, 0.2) is 24.3 Å². The van der Waals surface area contributed by atoms with Crippen molar-refractivity contribution in [2.24, 2.45) is 0 Å². The van der Waals surface area contributed by atoms with Gasteiger partial charge >= 0.3 is 0 Å². The second kappa shape index (κ2) is 4.94. The molecule has 1 aromatic carbocycles. The summed E-state index contributed by atoms with van der Waals surface area (Å²) in [5.41, 5.74) is 0.981. The molecule has 0 aliphatic carbocycles. The molecule has 2 rings (SSSR count). The summed E-state index contributed by atoms with van der Waals surface area (Å²) in [6.45, 7) is 0.292. The van der Waals surface area contributed by atoms with Gasteiger partial charge in [0.25, 0.3) is 10.1 Å². The van der Waals surface area contributed by atoms with Crippen LogP contribution in [0.3, 0.4) is 0 Å². The topological polar surface area (TPSA) is 52.6 Å². The zero-order valence-corrected chi connectivity index (χ0v) is 10.9. The zero-order chi connectivity index (χ0) is 12.5. The molecule has 1 heterocycles. The van der Waals surface area contributed by atoms with Crippen molar-refractivity contribution in [1.29, 1.82) is 0 Å². The van der Waals surface area contributed by atoms with Gasteiger partial charge in [0, 0.05) is 11.4 Å². The third-order valence-electron chi connectivity index (χ3n) is 2.51. The largest absolute Gasteiger partial charge is 0.371 e. The molecule has 2 unspecified atom stereocenters. The molecule has 6 heteroatoms. The minimum atomic E-state index is -3.42. The number of hydrogen-bond donors (Lipinski definition) is 0. The highest BCUT2D eigenvalue weighted by Gasteiger charge is 2.29. The highest BCUT2D eigenvalue weighted by molar-refractivity contribution is 7.86. The van der Waals surface area contributed by atoms with E-state index in [2.05, 4.69) is 0 Å². The van der Waals surface area contributed by atoms with E-state index in [-0.39, 0.29) is 6.10 Å². The van der Waals surface area contributed by atoms with Crippen molar-refractivity contribution in [1.82, 2.24) is 0 Å². The smallest absolute Gasteiger partial charge is 0.264 e. The van der Waals surface area contributed by atoms with E-state index in [9.17, 15) is 8.42 Å². The molecule has 0 bridgehead atoms. The van der Waals surface area contributed by atoms with Crippen LogP contribution in [0.5, 0.6) is 0 Å².